The predicted octanol–water partition coefficient (Wildman–Crippen LogP) is 3.11. The molecule has 0 aromatic heterocycles. The van der Waals surface area contributed by atoms with Gasteiger partial charge in [-0.15, -0.1) is 0 Å². The van der Waals surface area contributed by atoms with Crippen LogP contribution >= 0.6 is 0 Å². The number of halogens is 1. The second-order valence-corrected chi connectivity index (χ2v) is 7.51. The van der Waals surface area contributed by atoms with Crippen molar-refractivity contribution in [2.45, 2.75) is 57.8 Å². The van der Waals surface area contributed by atoms with Gasteiger partial charge in [0.2, 0.25) is 5.91 Å². The normalized spacial score (nSPS) is 24.5. The summed E-state index contributed by atoms with van der Waals surface area (Å²) < 4.78 is 18.5. The summed E-state index contributed by atoms with van der Waals surface area (Å²) in [6.45, 7) is 7.85. The van der Waals surface area contributed by atoms with Crippen LogP contribution in [0.2, 0.25) is 0 Å². The first-order valence-electron chi connectivity index (χ1n) is 8.24. The Kier molecular flexibility index (Phi) is 4.01. The molecule has 2 saturated heterocycles. The molecule has 6 heteroatoms. The lowest BCUT2D eigenvalue weighted by Crippen LogP contribution is -2.53. The van der Waals surface area contributed by atoms with Crippen LogP contribution in [0, 0.1) is 5.82 Å². The lowest BCUT2D eigenvalue weighted by molar-refractivity contribution is -0.138. The van der Waals surface area contributed by atoms with Crippen molar-refractivity contribution in [2.24, 2.45) is 0 Å². The van der Waals surface area contributed by atoms with Crippen LogP contribution in [0.25, 0.3) is 0 Å². The number of amides is 2. The van der Waals surface area contributed by atoms with Crippen LogP contribution in [0.5, 0.6) is 0 Å². The average molecular weight is 334 g/mol. The second-order valence-electron chi connectivity index (χ2n) is 7.51. The van der Waals surface area contributed by atoms with Gasteiger partial charge in [-0.1, -0.05) is 12.1 Å². The van der Waals surface area contributed by atoms with Gasteiger partial charge in [0.05, 0.1) is 12.1 Å². The van der Waals surface area contributed by atoms with Crippen molar-refractivity contribution in [3.63, 3.8) is 0 Å². The Hall–Kier alpha value is -2.11. The van der Waals surface area contributed by atoms with Crippen LogP contribution in [-0.4, -0.2) is 46.0 Å². The average Bonchev–Trinajstić information content (AvgIpc) is 3.03. The van der Waals surface area contributed by atoms with Crippen molar-refractivity contribution < 1.29 is 18.7 Å². The highest BCUT2D eigenvalue weighted by atomic mass is 19.1. The van der Waals surface area contributed by atoms with Crippen molar-refractivity contribution in [1.82, 2.24) is 9.80 Å². The molecular formula is C18H23FN2O3. The molecule has 2 aliphatic rings. The van der Waals surface area contributed by atoms with Crippen molar-refractivity contribution >= 4 is 12.0 Å². The van der Waals surface area contributed by atoms with Gasteiger partial charge in [-0.05, 0) is 51.8 Å². The summed E-state index contributed by atoms with van der Waals surface area (Å²) in [5, 5.41) is 0. The number of hydrogen-bond acceptors (Lipinski definition) is 3. The molecule has 0 unspecified atom stereocenters. The standard InChI is InChI=1S/C18H23FN2O3/c1-11(12-5-7-13(19)8-6-12)21-14-9-15(16(21)22)20(10-14)17(23)24-18(2,3)4/h5-8,11,14-15H,9-10H2,1-4H3/t11-,14-,15-/m0/s1. The fourth-order valence-corrected chi connectivity index (χ4v) is 3.53. The number of benzene rings is 1. The van der Waals surface area contributed by atoms with Gasteiger partial charge in [-0.2, -0.15) is 0 Å². The van der Waals surface area contributed by atoms with Crippen LogP contribution in [0.15, 0.2) is 24.3 Å². The second kappa shape index (κ2) is 5.76. The maximum absolute atomic E-state index is 13.1. The Balaban J connectivity index is 1.72. The number of fused-ring (bicyclic) bond motifs is 2. The van der Waals surface area contributed by atoms with E-state index in [0.29, 0.717) is 13.0 Å². The molecule has 5 nitrogen and oxygen atoms in total. The van der Waals surface area contributed by atoms with Crippen molar-refractivity contribution in [1.29, 1.82) is 0 Å². The zero-order valence-electron chi connectivity index (χ0n) is 14.5. The number of rotatable bonds is 2. The molecule has 0 aliphatic carbocycles. The molecule has 2 fully saturated rings. The highest BCUT2D eigenvalue weighted by Gasteiger charge is 2.53. The first-order chi connectivity index (χ1) is 11.2. The lowest BCUT2D eigenvalue weighted by Gasteiger charge is -2.38. The van der Waals surface area contributed by atoms with Gasteiger partial charge < -0.3 is 9.64 Å². The molecule has 0 radical (unpaired) electrons. The summed E-state index contributed by atoms with van der Waals surface area (Å²) in [5.74, 6) is -0.356. The Morgan fingerprint density at radius 3 is 2.46 bits per heavy atom. The van der Waals surface area contributed by atoms with Crippen molar-refractivity contribution in [2.75, 3.05) is 6.54 Å². The quantitative estimate of drug-likeness (QED) is 0.835. The van der Waals surface area contributed by atoms with E-state index in [-0.39, 0.29) is 23.8 Å². The monoisotopic (exact) mass is 334 g/mol. The lowest BCUT2D eigenvalue weighted by atomic mass is 10.1. The molecule has 130 valence electrons. The van der Waals surface area contributed by atoms with E-state index in [2.05, 4.69) is 0 Å². The molecule has 0 saturated carbocycles. The van der Waals surface area contributed by atoms with Crippen LogP contribution in [0.1, 0.15) is 45.7 Å². The van der Waals surface area contributed by atoms with Crippen LogP contribution in [0.3, 0.4) is 0 Å². The van der Waals surface area contributed by atoms with Crippen molar-refractivity contribution in [3.8, 4) is 0 Å². The third kappa shape index (κ3) is 2.97. The maximum Gasteiger partial charge on any atom is 0.411 e. The van der Waals surface area contributed by atoms with E-state index in [1.165, 1.54) is 17.0 Å². The minimum absolute atomic E-state index is 0.0185. The third-order valence-electron chi connectivity index (χ3n) is 4.61. The molecule has 2 amide bonds. The molecule has 2 bridgehead atoms. The largest absolute Gasteiger partial charge is 0.444 e. The van der Waals surface area contributed by atoms with E-state index in [0.717, 1.165) is 5.56 Å². The highest BCUT2D eigenvalue weighted by Crippen LogP contribution is 2.38. The minimum Gasteiger partial charge on any atom is -0.444 e. The first-order valence-corrected chi connectivity index (χ1v) is 8.24. The smallest absolute Gasteiger partial charge is 0.411 e. The van der Waals surface area contributed by atoms with Crippen LogP contribution in [-0.2, 0) is 9.53 Å². The summed E-state index contributed by atoms with van der Waals surface area (Å²) in [6.07, 6.45) is 0.196. The van der Waals surface area contributed by atoms with Gasteiger partial charge >= 0.3 is 6.09 Å². The summed E-state index contributed by atoms with van der Waals surface area (Å²) >= 11 is 0. The van der Waals surface area contributed by atoms with Crippen LogP contribution in [0.4, 0.5) is 9.18 Å². The van der Waals surface area contributed by atoms with E-state index < -0.39 is 17.7 Å². The highest BCUT2D eigenvalue weighted by molar-refractivity contribution is 5.90. The number of hydrogen-bond donors (Lipinski definition) is 0. The van der Waals surface area contributed by atoms with E-state index in [9.17, 15) is 14.0 Å². The molecular weight excluding hydrogens is 311 g/mol. The summed E-state index contributed by atoms with van der Waals surface area (Å²) in [5.41, 5.74) is 0.310. The van der Waals surface area contributed by atoms with E-state index >= 15 is 0 Å². The Morgan fingerprint density at radius 2 is 1.92 bits per heavy atom. The zero-order chi connectivity index (χ0) is 17.6. The number of likely N-dealkylation sites (tertiary alicyclic amines) is 2. The molecule has 2 aliphatic heterocycles. The molecule has 0 N–H and O–H groups in total. The fourth-order valence-electron chi connectivity index (χ4n) is 3.53. The summed E-state index contributed by atoms with van der Waals surface area (Å²) in [6, 6.07) is 5.59. The van der Waals surface area contributed by atoms with Gasteiger partial charge in [0.25, 0.3) is 0 Å². The predicted molar refractivity (Wildman–Crippen MR) is 86.8 cm³/mol. The van der Waals surface area contributed by atoms with E-state index in [1.807, 2.05) is 32.6 Å². The minimum atomic E-state index is -0.580. The summed E-state index contributed by atoms with van der Waals surface area (Å²) in [4.78, 5) is 28.4. The number of carbonyl (C=O) groups is 2. The fraction of sp³-hybridized carbons (Fsp3) is 0.556. The number of ether oxygens (including phenoxy) is 1. The summed E-state index contributed by atoms with van der Waals surface area (Å²) in [7, 11) is 0. The third-order valence-corrected chi connectivity index (χ3v) is 4.61. The first kappa shape index (κ1) is 16.7. The SMILES string of the molecule is C[C@@H](c1ccc(F)cc1)N1C(=O)[C@@H]2C[C@H]1CN2C(=O)OC(C)(C)C. The number of nitrogens with zero attached hydrogens (tertiary/aromatic N) is 2. The maximum atomic E-state index is 13.1. The number of piperazine rings is 1. The van der Waals surface area contributed by atoms with Gasteiger partial charge in [0.15, 0.2) is 0 Å². The Morgan fingerprint density at radius 1 is 1.29 bits per heavy atom. The van der Waals surface area contributed by atoms with E-state index in [4.69, 9.17) is 4.74 Å². The molecule has 1 aromatic rings. The van der Waals surface area contributed by atoms with Gasteiger partial charge in [0.1, 0.15) is 17.5 Å². The molecule has 2 heterocycles. The molecule has 0 spiro atoms. The Labute approximate surface area is 141 Å². The number of carbonyl (C=O) groups excluding carboxylic acids is 2. The molecule has 1 aromatic carbocycles. The van der Waals surface area contributed by atoms with E-state index in [1.54, 1.807) is 12.1 Å². The van der Waals surface area contributed by atoms with Gasteiger partial charge in [-0.3, -0.25) is 9.69 Å². The van der Waals surface area contributed by atoms with Gasteiger partial charge in [0, 0.05) is 6.54 Å². The Bertz CT molecular complexity index is 653. The molecule has 24 heavy (non-hydrogen) atoms. The zero-order valence-corrected chi connectivity index (χ0v) is 14.5. The topological polar surface area (TPSA) is 49.9 Å². The van der Waals surface area contributed by atoms with Crippen molar-refractivity contribution in [3.05, 3.63) is 35.6 Å². The van der Waals surface area contributed by atoms with Gasteiger partial charge in [-0.25, -0.2) is 9.18 Å². The van der Waals surface area contributed by atoms with Crippen LogP contribution < -0.4 is 0 Å². The molecule has 3 rings (SSSR count). The molecule has 3 atom stereocenters.